The number of likely N-dealkylation sites (tertiary alicyclic amines) is 1. The van der Waals surface area contributed by atoms with Crippen LogP contribution in [-0.2, 0) is 9.59 Å². The number of carboxylic acids is 1. The molecule has 1 aliphatic carbocycles. The van der Waals surface area contributed by atoms with Crippen molar-refractivity contribution in [2.75, 3.05) is 23.7 Å². The van der Waals surface area contributed by atoms with Crippen LogP contribution in [0.1, 0.15) is 38.7 Å². The number of aliphatic carboxylic acids is 1. The molecule has 2 atom stereocenters. The van der Waals surface area contributed by atoms with E-state index in [1.54, 1.807) is 17.0 Å². The van der Waals surface area contributed by atoms with E-state index in [0.717, 1.165) is 18.4 Å². The highest BCUT2D eigenvalue weighted by Crippen LogP contribution is 2.49. The number of benzene rings is 1. The van der Waals surface area contributed by atoms with Crippen LogP contribution in [0, 0.1) is 24.2 Å². The zero-order chi connectivity index (χ0) is 19.8. The lowest BCUT2D eigenvalue weighted by molar-refractivity contribution is -0.149. The lowest BCUT2D eigenvalue weighted by Gasteiger charge is -2.23. The molecule has 0 bridgehead atoms. The molecule has 3 rings (SSSR count). The highest BCUT2D eigenvalue weighted by molar-refractivity contribution is 5.95. The number of rotatable bonds is 4. The maximum atomic E-state index is 12.7. The van der Waals surface area contributed by atoms with Crippen LogP contribution in [0.5, 0.6) is 0 Å². The third-order valence-electron chi connectivity index (χ3n) is 5.85. The zero-order valence-electron chi connectivity index (χ0n) is 16.0. The summed E-state index contributed by atoms with van der Waals surface area (Å²) >= 11 is 0. The number of fused-ring (bicyclic) bond motifs is 1. The van der Waals surface area contributed by atoms with Gasteiger partial charge in [-0.05, 0) is 43.4 Å². The summed E-state index contributed by atoms with van der Waals surface area (Å²) in [6.45, 7) is 6.23. The Kier molecular flexibility index (Phi) is 5.13. The van der Waals surface area contributed by atoms with Gasteiger partial charge < -0.3 is 20.6 Å². The zero-order valence-corrected chi connectivity index (χ0v) is 16.0. The van der Waals surface area contributed by atoms with Crippen molar-refractivity contribution in [1.29, 1.82) is 0 Å². The number of carbonyl (C=O) groups is 3. The molecule has 0 spiro atoms. The third kappa shape index (κ3) is 3.63. The Morgan fingerprint density at radius 3 is 2.63 bits per heavy atom. The Morgan fingerprint density at radius 2 is 2.00 bits per heavy atom. The Bertz CT molecular complexity index is 776. The average molecular weight is 373 g/mol. The molecule has 7 heteroatoms. The molecule has 3 amide bonds. The molecule has 1 aromatic carbocycles. The van der Waals surface area contributed by atoms with Crippen molar-refractivity contribution >= 4 is 29.3 Å². The maximum Gasteiger partial charge on any atom is 0.321 e. The smallest absolute Gasteiger partial charge is 0.321 e. The van der Waals surface area contributed by atoms with Crippen LogP contribution >= 0.6 is 0 Å². The van der Waals surface area contributed by atoms with Gasteiger partial charge in [0.05, 0.1) is 5.41 Å². The fourth-order valence-corrected chi connectivity index (χ4v) is 4.11. The number of nitrogens with one attached hydrogen (secondary N) is 2. The predicted octanol–water partition coefficient (Wildman–Crippen LogP) is 3.31. The highest BCUT2D eigenvalue weighted by Gasteiger charge is 2.55. The summed E-state index contributed by atoms with van der Waals surface area (Å²) in [5.74, 6) is -0.999. The van der Waals surface area contributed by atoms with Gasteiger partial charge in [-0.25, -0.2) is 4.79 Å². The van der Waals surface area contributed by atoms with Gasteiger partial charge in [0.25, 0.3) is 0 Å². The van der Waals surface area contributed by atoms with Crippen molar-refractivity contribution in [1.82, 2.24) is 4.90 Å². The highest BCUT2D eigenvalue weighted by atomic mass is 16.4. The minimum Gasteiger partial charge on any atom is -0.481 e. The standard InChI is InChI=1S/C20H27N3O4/c1-12(2)17(24)21-15-7-6-13(3)16(9-15)22-19(27)23-10-14-5-4-8-20(14,11-23)18(25)26/h6-7,9,12,14H,4-5,8,10-11H2,1-3H3,(H,21,24)(H,22,27)(H,25,26)/t14-,20+/m0/s1. The first kappa shape index (κ1) is 19.2. The van der Waals surface area contributed by atoms with E-state index in [9.17, 15) is 19.5 Å². The molecular weight excluding hydrogens is 346 g/mol. The lowest BCUT2D eigenvalue weighted by Crippen LogP contribution is -2.38. The monoisotopic (exact) mass is 373 g/mol. The van der Waals surface area contributed by atoms with Crippen molar-refractivity contribution in [2.45, 2.75) is 40.0 Å². The van der Waals surface area contributed by atoms with E-state index >= 15 is 0 Å². The van der Waals surface area contributed by atoms with Crippen LogP contribution in [0.3, 0.4) is 0 Å². The fraction of sp³-hybridized carbons (Fsp3) is 0.550. The van der Waals surface area contributed by atoms with E-state index in [4.69, 9.17) is 0 Å². The van der Waals surface area contributed by atoms with E-state index < -0.39 is 11.4 Å². The van der Waals surface area contributed by atoms with Crippen LogP contribution in [-0.4, -0.2) is 41.0 Å². The number of anilines is 2. The Labute approximate surface area is 159 Å². The van der Waals surface area contributed by atoms with Crippen LogP contribution in [0.4, 0.5) is 16.2 Å². The SMILES string of the molecule is Cc1ccc(NC(=O)C(C)C)cc1NC(=O)N1C[C@@H]2CCC[C@@]2(C(=O)O)C1. The average Bonchev–Trinajstić information content (AvgIpc) is 3.16. The first-order valence-corrected chi connectivity index (χ1v) is 9.44. The second-order valence-electron chi connectivity index (χ2n) is 8.03. The van der Waals surface area contributed by atoms with Gasteiger partial charge in [-0.15, -0.1) is 0 Å². The summed E-state index contributed by atoms with van der Waals surface area (Å²) in [5.41, 5.74) is 1.32. The number of amides is 3. The van der Waals surface area contributed by atoms with Crippen LogP contribution in [0.15, 0.2) is 18.2 Å². The second kappa shape index (κ2) is 7.21. The predicted molar refractivity (Wildman–Crippen MR) is 103 cm³/mol. The quantitative estimate of drug-likeness (QED) is 0.754. The van der Waals surface area contributed by atoms with Gasteiger partial charge in [-0.3, -0.25) is 9.59 Å². The van der Waals surface area contributed by atoms with Crippen LogP contribution < -0.4 is 10.6 Å². The van der Waals surface area contributed by atoms with Crippen molar-refractivity contribution in [3.05, 3.63) is 23.8 Å². The van der Waals surface area contributed by atoms with Gasteiger partial charge in [0.1, 0.15) is 0 Å². The Balaban J connectivity index is 1.71. The maximum absolute atomic E-state index is 12.7. The summed E-state index contributed by atoms with van der Waals surface area (Å²) in [4.78, 5) is 38.0. The van der Waals surface area contributed by atoms with Gasteiger partial charge in [-0.2, -0.15) is 0 Å². The van der Waals surface area contributed by atoms with E-state index in [1.165, 1.54) is 0 Å². The van der Waals surface area contributed by atoms with Gasteiger partial charge >= 0.3 is 12.0 Å². The first-order chi connectivity index (χ1) is 12.7. The number of hydrogen-bond donors (Lipinski definition) is 3. The molecule has 1 heterocycles. The molecule has 1 saturated heterocycles. The van der Waals surface area contributed by atoms with Gasteiger partial charge in [0, 0.05) is 30.4 Å². The van der Waals surface area contributed by atoms with Crippen LogP contribution in [0.25, 0.3) is 0 Å². The van der Waals surface area contributed by atoms with Crippen LogP contribution in [0.2, 0.25) is 0 Å². The second-order valence-corrected chi connectivity index (χ2v) is 8.03. The van der Waals surface area contributed by atoms with E-state index in [1.807, 2.05) is 26.8 Å². The molecule has 146 valence electrons. The molecule has 3 N–H and O–H groups in total. The lowest BCUT2D eigenvalue weighted by atomic mass is 9.81. The molecule has 2 aliphatic rings. The van der Waals surface area contributed by atoms with Gasteiger partial charge in [0.15, 0.2) is 0 Å². The van der Waals surface area contributed by atoms with Crippen molar-refractivity contribution in [3.63, 3.8) is 0 Å². The summed E-state index contributed by atoms with van der Waals surface area (Å²) in [7, 11) is 0. The molecule has 7 nitrogen and oxygen atoms in total. The third-order valence-corrected chi connectivity index (χ3v) is 5.85. The molecule has 0 unspecified atom stereocenters. The number of urea groups is 1. The van der Waals surface area contributed by atoms with Crippen molar-refractivity contribution in [3.8, 4) is 0 Å². The van der Waals surface area contributed by atoms with Gasteiger partial charge in [-0.1, -0.05) is 26.3 Å². The number of aryl methyl sites for hydroxylation is 1. The van der Waals surface area contributed by atoms with E-state index in [0.29, 0.717) is 24.3 Å². The molecule has 0 aromatic heterocycles. The largest absolute Gasteiger partial charge is 0.481 e. The first-order valence-electron chi connectivity index (χ1n) is 9.44. The topological polar surface area (TPSA) is 98.7 Å². The van der Waals surface area contributed by atoms with E-state index in [-0.39, 0.29) is 30.3 Å². The summed E-state index contributed by atoms with van der Waals surface area (Å²) in [6, 6.07) is 5.08. The minimum absolute atomic E-state index is 0.0264. The number of carbonyl (C=O) groups excluding carboxylic acids is 2. The molecule has 0 radical (unpaired) electrons. The summed E-state index contributed by atoms with van der Waals surface area (Å²) in [6.07, 6.45) is 2.39. The summed E-state index contributed by atoms with van der Waals surface area (Å²) < 4.78 is 0. The van der Waals surface area contributed by atoms with Crippen molar-refractivity contribution in [2.24, 2.45) is 17.3 Å². The Morgan fingerprint density at radius 1 is 1.26 bits per heavy atom. The molecular formula is C20H27N3O4. The molecule has 1 saturated carbocycles. The molecule has 1 aliphatic heterocycles. The molecule has 27 heavy (non-hydrogen) atoms. The van der Waals surface area contributed by atoms with Gasteiger partial charge in [0.2, 0.25) is 5.91 Å². The van der Waals surface area contributed by atoms with E-state index in [2.05, 4.69) is 10.6 Å². The summed E-state index contributed by atoms with van der Waals surface area (Å²) in [5, 5.41) is 15.4. The number of nitrogens with zero attached hydrogens (tertiary/aromatic N) is 1. The number of hydrogen-bond acceptors (Lipinski definition) is 3. The minimum atomic E-state index is -0.796. The fourth-order valence-electron chi connectivity index (χ4n) is 4.11. The Hall–Kier alpha value is -2.57. The van der Waals surface area contributed by atoms with Crippen molar-refractivity contribution < 1.29 is 19.5 Å². The normalized spacial score (nSPS) is 24.0. The number of carboxylic acid groups (broad SMARTS) is 1. The molecule has 1 aromatic rings. The molecule has 2 fully saturated rings.